The minimum atomic E-state index is -0.746. The normalized spacial score (nSPS) is 15.8. The van der Waals surface area contributed by atoms with E-state index < -0.39 is 10.8 Å². The molecule has 1 heterocycles. The van der Waals surface area contributed by atoms with E-state index in [2.05, 4.69) is 44.3 Å². The Hall–Kier alpha value is -0.680. The van der Waals surface area contributed by atoms with E-state index in [-0.39, 0.29) is 11.6 Å². The number of hydrogen-bond acceptors (Lipinski definition) is 3. The number of rotatable bonds is 5. The van der Waals surface area contributed by atoms with Crippen LogP contribution in [-0.4, -0.2) is 32.0 Å². The molecule has 0 bridgehead atoms. The van der Waals surface area contributed by atoms with Crippen LogP contribution in [0.3, 0.4) is 0 Å². The fraction of sp³-hybridized carbons (Fsp3) is 0.750. The second kappa shape index (κ2) is 5.78. The molecule has 98 valence electrons. The highest BCUT2D eigenvalue weighted by Gasteiger charge is 2.14. The molecule has 1 rings (SSSR count). The van der Waals surface area contributed by atoms with E-state index in [9.17, 15) is 4.21 Å². The summed E-state index contributed by atoms with van der Waals surface area (Å²) in [4.78, 5) is 0. The van der Waals surface area contributed by atoms with Gasteiger partial charge < -0.3 is 5.32 Å². The number of nitrogens with zero attached hydrogens (tertiary/aromatic N) is 2. The molecule has 0 aliphatic carbocycles. The zero-order chi connectivity index (χ0) is 13.1. The van der Waals surface area contributed by atoms with Crippen molar-refractivity contribution in [2.75, 3.05) is 12.0 Å². The standard InChI is InChI=1S/C12H23N3OS/c1-10(9-17(5)16)13-6-11-7-14-15(8-11)12(2,3)4/h7-8,10,13H,6,9H2,1-5H3. The fourth-order valence-corrected chi connectivity index (χ4v) is 2.34. The SMILES string of the molecule is CC(CS(C)=O)NCc1cnn(C(C)(C)C)c1. The van der Waals surface area contributed by atoms with Gasteiger partial charge in [-0.3, -0.25) is 8.89 Å². The highest BCUT2D eigenvalue weighted by atomic mass is 32.2. The van der Waals surface area contributed by atoms with E-state index in [0.29, 0.717) is 5.75 Å². The Morgan fingerprint density at radius 3 is 2.65 bits per heavy atom. The summed E-state index contributed by atoms with van der Waals surface area (Å²) in [5, 5.41) is 7.69. The van der Waals surface area contributed by atoms with Crippen LogP contribution in [0.5, 0.6) is 0 Å². The van der Waals surface area contributed by atoms with E-state index in [1.54, 1.807) is 6.26 Å². The average molecular weight is 257 g/mol. The van der Waals surface area contributed by atoms with Gasteiger partial charge in [-0.15, -0.1) is 0 Å². The van der Waals surface area contributed by atoms with Gasteiger partial charge in [0.15, 0.2) is 0 Å². The summed E-state index contributed by atoms with van der Waals surface area (Å²) < 4.78 is 13.0. The Morgan fingerprint density at radius 2 is 2.18 bits per heavy atom. The lowest BCUT2D eigenvalue weighted by atomic mass is 10.1. The molecule has 17 heavy (non-hydrogen) atoms. The first kappa shape index (κ1) is 14.4. The molecule has 4 nitrogen and oxygen atoms in total. The van der Waals surface area contributed by atoms with Gasteiger partial charge >= 0.3 is 0 Å². The summed E-state index contributed by atoms with van der Waals surface area (Å²) in [5.41, 5.74) is 1.18. The van der Waals surface area contributed by atoms with E-state index in [1.807, 2.05) is 10.9 Å². The van der Waals surface area contributed by atoms with Crippen LogP contribution in [-0.2, 0) is 22.9 Å². The van der Waals surface area contributed by atoms with Gasteiger partial charge in [0.2, 0.25) is 0 Å². The van der Waals surface area contributed by atoms with E-state index in [0.717, 1.165) is 12.1 Å². The molecule has 0 aromatic carbocycles. The Kier molecular flexibility index (Phi) is 4.89. The van der Waals surface area contributed by atoms with Crippen molar-refractivity contribution in [3.05, 3.63) is 18.0 Å². The molecule has 0 saturated carbocycles. The quantitative estimate of drug-likeness (QED) is 0.869. The lowest BCUT2D eigenvalue weighted by molar-refractivity contribution is 0.355. The van der Waals surface area contributed by atoms with Crippen molar-refractivity contribution in [2.24, 2.45) is 0 Å². The Labute approximate surface area is 106 Å². The third-order valence-corrected chi connectivity index (χ3v) is 3.43. The van der Waals surface area contributed by atoms with Gasteiger partial charge in [0, 0.05) is 47.2 Å². The second-order valence-electron chi connectivity index (χ2n) is 5.49. The van der Waals surface area contributed by atoms with Crippen LogP contribution >= 0.6 is 0 Å². The first-order valence-corrected chi connectivity index (χ1v) is 7.59. The molecule has 0 spiro atoms. The third-order valence-electron chi connectivity index (χ3n) is 2.46. The molecular formula is C12H23N3OS. The number of nitrogens with one attached hydrogen (secondary N) is 1. The summed E-state index contributed by atoms with van der Waals surface area (Å²) in [5.74, 6) is 0.688. The van der Waals surface area contributed by atoms with Crippen molar-refractivity contribution in [1.82, 2.24) is 15.1 Å². The Morgan fingerprint density at radius 1 is 1.53 bits per heavy atom. The number of hydrogen-bond donors (Lipinski definition) is 1. The van der Waals surface area contributed by atoms with Crippen molar-refractivity contribution in [1.29, 1.82) is 0 Å². The minimum absolute atomic E-state index is 0.0226. The first-order chi connectivity index (χ1) is 7.79. The number of aromatic nitrogens is 2. The van der Waals surface area contributed by atoms with Gasteiger partial charge in [-0.1, -0.05) is 0 Å². The monoisotopic (exact) mass is 257 g/mol. The zero-order valence-electron chi connectivity index (χ0n) is 11.4. The van der Waals surface area contributed by atoms with Crippen LogP contribution in [0.1, 0.15) is 33.3 Å². The molecular weight excluding hydrogens is 234 g/mol. The molecule has 2 atom stereocenters. The zero-order valence-corrected chi connectivity index (χ0v) is 12.2. The Balaban J connectivity index is 2.48. The molecule has 0 fully saturated rings. The maximum atomic E-state index is 11.1. The highest BCUT2D eigenvalue weighted by molar-refractivity contribution is 7.84. The average Bonchev–Trinajstić information content (AvgIpc) is 2.61. The highest BCUT2D eigenvalue weighted by Crippen LogP contribution is 2.13. The topological polar surface area (TPSA) is 46.9 Å². The van der Waals surface area contributed by atoms with Crippen molar-refractivity contribution in [3.63, 3.8) is 0 Å². The van der Waals surface area contributed by atoms with Crippen molar-refractivity contribution >= 4 is 10.8 Å². The van der Waals surface area contributed by atoms with Gasteiger partial charge in [-0.05, 0) is 27.7 Å². The van der Waals surface area contributed by atoms with E-state index >= 15 is 0 Å². The second-order valence-corrected chi connectivity index (χ2v) is 6.97. The van der Waals surface area contributed by atoms with Crippen molar-refractivity contribution in [2.45, 2.75) is 45.8 Å². The van der Waals surface area contributed by atoms with Crippen molar-refractivity contribution in [3.8, 4) is 0 Å². The maximum absolute atomic E-state index is 11.1. The molecule has 0 aliphatic heterocycles. The summed E-state index contributed by atoms with van der Waals surface area (Å²) >= 11 is 0. The van der Waals surface area contributed by atoms with Crippen LogP contribution < -0.4 is 5.32 Å². The largest absolute Gasteiger partial charge is 0.309 e. The fourth-order valence-electron chi connectivity index (χ4n) is 1.52. The van der Waals surface area contributed by atoms with Crippen LogP contribution in [0.15, 0.2) is 12.4 Å². The van der Waals surface area contributed by atoms with Crippen LogP contribution in [0.4, 0.5) is 0 Å². The summed E-state index contributed by atoms with van der Waals surface area (Å²) in [6, 6.07) is 0.263. The lowest BCUT2D eigenvalue weighted by Crippen LogP contribution is -2.30. The third kappa shape index (κ3) is 5.00. The van der Waals surface area contributed by atoms with Crippen LogP contribution in [0, 0.1) is 0 Å². The first-order valence-electron chi connectivity index (χ1n) is 5.86. The van der Waals surface area contributed by atoms with Crippen LogP contribution in [0.25, 0.3) is 0 Å². The predicted molar refractivity (Wildman–Crippen MR) is 72.5 cm³/mol. The molecule has 2 unspecified atom stereocenters. The smallest absolute Gasteiger partial charge is 0.0543 e. The maximum Gasteiger partial charge on any atom is 0.0543 e. The minimum Gasteiger partial charge on any atom is -0.309 e. The summed E-state index contributed by atoms with van der Waals surface area (Å²) in [6.45, 7) is 9.20. The van der Waals surface area contributed by atoms with Gasteiger partial charge in [-0.25, -0.2) is 0 Å². The summed E-state index contributed by atoms with van der Waals surface area (Å²) in [6.07, 6.45) is 5.67. The van der Waals surface area contributed by atoms with E-state index in [1.165, 1.54) is 0 Å². The molecule has 0 radical (unpaired) electrons. The van der Waals surface area contributed by atoms with Gasteiger partial charge in [0.25, 0.3) is 0 Å². The molecule has 0 amide bonds. The van der Waals surface area contributed by atoms with Crippen LogP contribution in [0.2, 0.25) is 0 Å². The van der Waals surface area contributed by atoms with E-state index in [4.69, 9.17) is 0 Å². The Bertz CT molecular complexity index is 381. The lowest BCUT2D eigenvalue weighted by Gasteiger charge is -2.18. The van der Waals surface area contributed by atoms with Gasteiger partial charge in [0.1, 0.15) is 0 Å². The molecule has 1 N–H and O–H groups in total. The molecule has 1 aromatic rings. The molecule has 0 saturated heterocycles. The molecule has 1 aromatic heterocycles. The van der Waals surface area contributed by atoms with Gasteiger partial charge in [-0.2, -0.15) is 5.10 Å². The van der Waals surface area contributed by atoms with Gasteiger partial charge in [0.05, 0.1) is 11.7 Å². The van der Waals surface area contributed by atoms with Crippen molar-refractivity contribution < 1.29 is 4.21 Å². The summed E-state index contributed by atoms with van der Waals surface area (Å²) in [7, 11) is -0.746. The predicted octanol–water partition coefficient (Wildman–Crippen LogP) is 1.49. The molecule has 0 aliphatic rings. The molecule has 5 heteroatoms.